The molecule has 2 aromatic rings. The first-order valence-electron chi connectivity index (χ1n) is 13.6. The number of nitrogens with zero attached hydrogens (tertiary/aromatic N) is 4. The molecule has 9 heteroatoms. The molecule has 2 amide bonds. The van der Waals surface area contributed by atoms with E-state index in [9.17, 15) is 14.3 Å². The number of pyridine rings is 1. The number of hydrogen-bond donors (Lipinski definition) is 3. The van der Waals surface area contributed by atoms with Crippen molar-refractivity contribution in [1.29, 1.82) is 0 Å². The minimum absolute atomic E-state index is 0.104. The third kappa shape index (κ3) is 6.90. The zero-order chi connectivity index (χ0) is 26.4. The lowest BCUT2D eigenvalue weighted by Gasteiger charge is -2.47. The van der Waals surface area contributed by atoms with Crippen molar-refractivity contribution < 1.29 is 14.3 Å². The maximum Gasteiger partial charge on any atom is 0.315 e. The molecule has 1 aromatic carbocycles. The van der Waals surface area contributed by atoms with Gasteiger partial charge in [-0.15, -0.1) is 0 Å². The largest absolute Gasteiger partial charge is 0.504 e. The van der Waals surface area contributed by atoms with E-state index in [1.54, 1.807) is 18.3 Å². The number of anilines is 1. The number of halogens is 1. The van der Waals surface area contributed by atoms with Crippen molar-refractivity contribution in [3.05, 3.63) is 53.0 Å². The van der Waals surface area contributed by atoms with E-state index in [2.05, 4.69) is 37.2 Å². The lowest BCUT2D eigenvalue weighted by Crippen LogP contribution is -2.58. The van der Waals surface area contributed by atoms with Crippen molar-refractivity contribution in [2.45, 2.75) is 65.2 Å². The smallest absolute Gasteiger partial charge is 0.315 e. The van der Waals surface area contributed by atoms with Crippen molar-refractivity contribution in [3.63, 3.8) is 0 Å². The Morgan fingerprint density at radius 2 is 1.92 bits per heavy atom. The summed E-state index contributed by atoms with van der Waals surface area (Å²) >= 11 is 0. The number of aryl methyl sites for hydroxylation is 1. The Labute approximate surface area is 219 Å². The average molecular weight is 513 g/mol. The predicted octanol–water partition coefficient (Wildman–Crippen LogP) is 3.62. The van der Waals surface area contributed by atoms with Gasteiger partial charge in [0.1, 0.15) is 5.82 Å². The number of hydrogen-bond acceptors (Lipinski definition) is 6. The van der Waals surface area contributed by atoms with Crippen molar-refractivity contribution in [2.24, 2.45) is 0 Å². The van der Waals surface area contributed by atoms with Crippen molar-refractivity contribution >= 4 is 11.8 Å². The molecule has 0 spiro atoms. The van der Waals surface area contributed by atoms with Gasteiger partial charge in [0.2, 0.25) is 0 Å². The second-order valence-electron chi connectivity index (χ2n) is 10.2. The molecule has 3 heterocycles. The zero-order valence-corrected chi connectivity index (χ0v) is 22.3. The first-order valence-corrected chi connectivity index (χ1v) is 13.6. The standard InChI is InChI=1S/C28H41FN6O2/c1-4-23-19-34(27-26(36)15-21(16-31-27)17-32-28(37)30-5-2)12-13-35(23)24-8-10-33(11-9-24)18-22-7-6-20(3)14-25(22)29/h6-7,14-16,23-24,36H,4-5,8-13,17-19H2,1-3H3,(H2,30,32,37). The summed E-state index contributed by atoms with van der Waals surface area (Å²) in [6, 6.07) is 7.89. The van der Waals surface area contributed by atoms with E-state index in [0.717, 1.165) is 68.7 Å². The molecule has 0 bridgehead atoms. The third-order valence-electron chi connectivity index (χ3n) is 7.62. The fraction of sp³-hybridized carbons (Fsp3) is 0.571. The van der Waals surface area contributed by atoms with Gasteiger partial charge in [-0.1, -0.05) is 19.1 Å². The summed E-state index contributed by atoms with van der Waals surface area (Å²) in [6.45, 7) is 12.1. The molecule has 4 rings (SSSR count). The van der Waals surface area contributed by atoms with Crippen LogP contribution in [-0.4, -0.2) is 77.3 Å². The predicted molar refractivity (Wildman–Crippen MR) is 144 cm³/mol. The van der Waals surface area contributed by atoms with Crippen LogP contribution in [0.1, 0.15) is 49.8 Å². The van der Waals surface area contributed by atoms with Crippen LogP contribution in [0.2, 0.25) is 0 Å². The Kier molecular flexibility index (Phi) is 9.21. The summed E-state index contributed by atoms with van der Waals surface area (Å²) in [5.74, 6) is 0.650. The molecule has 0 radical (unpaired) electrons. The zero-order valence-electron chi connectivity index (χ0n) is 22.3. The number of piperazine rings is 1. The minimum atomic E-state index is -0.235. The van der Waals surface area contributed by atoms with Crippen LogP contribution in [-0.2, 0) is 13.1 Å². The van der Waals surface area contributed by atoms with E-state index >= 15 is 0 Å². The molecular formula is C28H41FN6O2. The molecule has 1 atom stereocenters. The molecule has 2 fully saturated rings. The van der Waals surface area contributed by atoms with E-state index in [1.807, 2.05) is 26.0 Å². The molecule has 2 saturated heterocycles. The molecule has 37 heavy (non-hydrogen) atoms. The molecular weight excluding hydrogens is 471 g/mol. The van der Waals surface area contributed by atoms with E-state index in [1.165, 1.54) is 0 Å². The lowest BCUT2D eigenvalue weighted by atomic mass is 9.97. The van der Waals surface area contributed by atoms with Crippen molar-refractivity contribution in [1.82, 2.24) is 25.4 Å². The number of aromatic nitrogens is 1. The van der Waals surface area contributed by atoms with E-state index in [0.29, 0.717) is 37.5 Å². The fourth-order valence-electron chi connectivity index (χ4n) is 5.57. The summed E-state index contributed by atoms with van der Waals surface area (Å²) in [5.41, 5.74) is 2.50. The summed E-state index contributed by atoms with van der Waals surface area (Å²) in [6.07, 6.45) is 4.92. The number of nitrogens with one attached hydrogen (secondary N) is 2. The van der Waals surface area contributed by atoms with Gasteiger partial charge >= 0.3 is 6.03 Å². The second-order valence-corrected chi connectivity index (χ2v) is 10.2. The highest BCUT2D eigenvalue weighted by molar-refractivity contribution is 5.73. The highest BCUT2D eigenvalue weighted by atomic mass is 19.1. The van der Waals surface area contributed by atoms with Crippen LogP contribution in [0.5, 0.6) is 5.75 Å². The van der Waals surface area contributed by atoms with Gasteiger partial charge in [-0.25, -0.2) is 14.2 Å². The number of rotatable bonds is 8. The first-order chi connectivity index (χ1) is 17.9. The Bertz CT molecular complexity index is 1060. The fourth-order valence-corrected chi connectivity index (χ4v) is 5.57. The maximum absolute atomic E-state index is 14.3. The van der Waals surface area contributed by atoms with E-state index in [4.69, 9.17) is 0 Å². The number of carbonyl (C=O) groups excluding carboxylic acids is 1. The van der Waals surface area contributed by atoms with Crippen molar-refractivity contribution in [2.75, 3.05) is 44.2 Å². The van der Waals surface area contributed by atoms with Gasteiger partial charge in [-0.2, -0.15) is 0 Å². The van der Waals surface area contributed by atoms with Crippen LogP contribution < -0.4 is 15.5 Å². The summed E-state index contributed by atoms with van der Waals surface area (Å²) < 4.78 is 14.3. The number of piperidine rings is 1. The Morgan fingerprint density at radius 1 is 1.14 bits per heavy atom. The van der Waals surface area contributed by atoms with E-state index < -0.39 is 0 Å². The summed E-state index contributed by atoms with van der Waals surface area (Å²) in [5, 5.41) is 16.1. The summed E-state index contributed by atoms with van der Waals surface area (Å²) in [4.78, 5) is 23.4. The first kappa shape index (κ1) is 27.1. The number of aromatic hydroxyl groups is 1. The summed E-state index contributed by atoms with van der Waals surface area (Å²) in [7, 11) is 0. The number of carbonyl (C=O) groups is 1. The van der Waals surface area contributed by atoms with Gasteiger partial charge < -0.3 is 20.6 Å². The normalized spacial score (nSPS) is 19.7. The quantitative estimate of drug-likeness (QED) is 0.501. The SMILES string of the molecule is CCNC(=O)NCc1cnc(N2CCN(C3CCN(Cc4ccc(C)cc4F)CC3)C(CC)C2)c(O)c1. The number of likely N-dealkylation sites (tertiary alicyclic amines) is 1. The molecule has 3 N–H and O–H groups in total. The third-order valence-corrected chi connectivity index (χ3v) is 7.62. The lowest BCUT2D eigenvalue weighted by molar-refractivity contribution is 0.0606. The van der Waals surface area contributed by atoms with Gasteiger partial charge in [0.15, 0.2) is 11.6 Å². The average Bonchev–Trinajstić information content (AvgIpc) is 2.89. The monoisotopic (exact) mass is 512 g/mol. The van der Waals surface area contributed by atoms with Gasteiger partial charge in [0, 0.05) is 63.1 Å². The topological polar surface area (TPSA) is 84.0 Å². The van der Waals surface area contributed by atoms with Crippen LogP contribution in [0.4, 0.5) is 15.0 Å². The van der Waals surface area contributed by atoms with Crippen LogP contribution >= 0.6 is 0 Å². The van der Waals surface area contributed by atoms with Gasteiger partial charge in [-0.3, -0.25) is 9.80 Å². The molecule has 8 nitrogen and oxygen atoms in total. The highest BCUT2D eigenvalue weighted by Gasteiger charge is 2.34. The van der Waals surface area contributed by atoms with Crippen molar-refractivity contribution in [3.8, 4) is 5.75 Å². The Morgan fingerprint density at radius 3 is 2.59 bits per heavy atom. The highest BCUT2D eigenvalue weighted by Crippen LogP contribution is 2.30. The maximum atomic E-state index is 14.3. The Balaban J connectivity index is 1.30. The van der Waals surface area contributed by atoms with Gasteiger partial charge in [0.25, 0.3) is 0 Å². The number of amides is 2. The second kappa shape index (κ2) is 12.6. The molecule has 2 aliphatic rings. The van der Waals surface area contributed by atoms with Crippen LogP contribution in [0.25, 0.3) is 0 Å². The van der Waals surface area contributed by atoms with Gasteiger partial charge in [0.05, 0.1) is 0 Å². The number of urea groups is 1. The minimum Gasteiger partial charge on any atom is -0.504 e. The number of benzene rings is 1. The molecule has 1 aromatic heterocycles. The molecule has 0 aliphatic carbocycles. The molecule has 2 aliphatic heterocycles. The van der Waals surface area contributed by atoms with Crippen LogP contribution in [0, 0.1) is 12.7 Å². The molecule has 202 valence electrons. The van der Waals surface area contributed by atoms with Crippen LogP contribution in [0.15, 0.2) is 30.5 Å². The molecule has 1 unspecified atom stereocenters. The molecule has 0 saturated carbocycles. The van der Waals surface area contributed by atoms with Gasteiger partial charge in [-0.05, 0) is 69.5 Å². The Hall–Kier alpha value is -2.91. The van der Waals surface area contributed by atoms with Crippen LogP contribution in [0.3, 0.4) is 0 Å². The van der Waals surface area contributed by atoms with E-state index in [-0.39, 0.29) is 17.6 Å².